The van der Waals surface area contributed by atoms with Gasteiger partial charge in [-0.1, -0.05) is 68.1 Å². The minimum atomic E-state index is 0.746. The lowest BCUT2D eigenvalue weighted by molar-refractivity contribution is 0.276. The highest BCUT2D eigenvalue weighted by molar-refractivity contribution is 9.10. The van der Waals surface area contributed by atoms with Gasteiger partial charge in [-0.2, -0.15) is 0 Å². The third-order valence-electron chi connectivity index (χ3n) is 4.13. The van der Waals surface area contributed by atoms with Crippen LogP contribution in [0.2, 0.25) is 0 Å². The molecule has 0 aliphatic heterocycles. The van der Waals surface area contributed by atoms with Crippen molar-refractivity contribution in [3.63, 3.8) is 0 Å². The Kier molecular flexibility index (Phi) is 6.75. The van der Waals surface area contributed by atoms with Crippen molar-refractivity contribution in [1.29, 1.82) is 0 Å². The van der Waals surface area contributed by atoms with Crippen molar-refractivity contribution in [2.75, 3.05) is 6.61 Å². The molecule has 0 radical (unpaired) electrons. The maximum Gasteiger partial charge on any atom is 0.119 e. The molecule has 0 amide bonds. The Morgan fingerprint density at radius 3 is 2.41 bits per heavy atom. The van der Waals surface area contributed by atoms with Gasteiger partial charge in [-0.05, 0) is 53.3 Å². The van der Waals surface area contributed by atoms with E-state index in [-0.39, 0.29) is 0 Å². The van der Waals surface area contributed by atoms with Crippen molar-refractivity contribution in [1.82, 2.24) is 0 Å². The van der Waals surface area contributed by atoms with Gasteiger partial charge in [-0.3, -0.25) is 0 Å². The Morgan fingerprint density at radius 2 is 1.64 bits per heavy atom. The first-order valence-corrected chi connectivity index (χ1v) is 9.16. The standard InChI is InChI=1S/C20H27BrO/c1-15(2)5-4-6-16(3)11-12-22-20-10-8-17-13-19(21)9-7-18(17)14-20/h7-10,13-16H,4-6,11-12H2,1-3H3. The van der Waals surface area contributed by atoms with Gasteiger partial charge in [0.25, 0.3) is 0 Å². The third-order valence-corrected chi connectivity index (χ3v) is 4.62. The highest BCUT2D eigenvalue weighted by Gasteiger charge is 2.04. The average Bonchev–Trinajstić information content (AvgIpc) is 2.47. The summed E-state index contributed by atoms with van der Waals surface area (Å²) >= 11 is 3.51. The summed E-state index contributed by atoms with van der Waals surface area (Å²) in [5.74, 6) is 2.54. The summed E-state index contributed by atoms with van der Waals surface area (Å²) in [7, 11) is 0. The fourth-order valence-corrected chi connectivity index (χ4v) is 3.06. The Labute approximate surface area is 143 Å². The normalized spacial score (nSPS) is 12.8. The quantitative estimate of drug-likeness (QED) is 0.499. The molecular formula is C20H27BrO. The van der Waals surface area contributed by atoms with Gasteiger partial charge in [-0.15, -0.1) is 0 Å². The fraction of sp³-hybridized carbons (Fsp3) is 0.500. The first kappa shape index (κ1) is 17.3. The Morgan fingerprint density at radius 1 is 0.909 bits per heavy atom. The number of fused-ring (bicyclic) bond motifs is 1. The summed E-state index contributed by atoms with van der Waals surface area (Å²) in [5.41, 5.74) is 0. The van der Waals surface area contributed by atoms with Gasteiger partial charge in [0.1, 0.15) is 5.75 Å². The van der Waals surface area contributed by atoms with E-state index in [1.807, 2.05) is 0 Å². The molecule has 2 aromatic carbocycles. The second-order valence-electron chi connectivity index (χ2n) is 6.72. The van der Waals surface area contributed by atoms with Crippen LogP contribution in [0.15, 0.2) is 40.9 Å². The Hall–Kier alpha value is -1.02. The molecule has 0 N–H and O–H groups in total. The van der Waals surface area contributed by atoms with E-state index in [1.165, 1.54) is 30.0 Å². The zero-order chi connectivity index (χ0) is 15.9. The summed E-state index contributed by atoms with van der Waals surface area (Å²) in [6.07, 6.45) is 5.12. The van der Waals surface area contributed by atoms with Crippen molar-refractivity contribution < 1.29 is 4.74 Å². The van der Waals surface area contributed by atoms with Crippen molar-refractivity contribution in [2.45, 2.75) is 46.5 Å². The highest BCUT2D eigenvalue weighted by Crippen LogP contribution is 2.24. The van der Waals surface area contributed by atoms with Crippen LogP contribution in [0, 0.1) is 11.8 Å². The zero-order valence-corrected chi connectivity index (χ0v) is 15.5. The van der Waals surface area contributed by atoms with Gasteiger partial charge in [0, 0.05) is 4.47 Å². The van der Waals surface area contributed by atoms with Crippen molar-refractivity contribution in [2.24, 2.45) is 11.8 Å². The Bertz CT molecular complexity index is 591. The molecule has 1 nitrogen and oxygen atoms in total. The molecule has 2 rings (SSSR count). The first-order valence-electron chi connectivity index (χ1n) is 8.36. The molecule has 22 heavy (non-hydrogen) atoms. The van der Waals surface area contributed by atoms with Gasteiger partial charge >= 0.3 is 0 Å². The van der Waals surface area contributed by atoms with E-state index in [4.69, 9.17) is 4.74 Å². The van der Waals surface area contributed by atoms with E-state index < -0.39 is 0 Å². The molecule has 0 saturated carbocycles. The lowest BCUT2D eigenvalue weighted by Gasteiger charge is -2.13. The number of hydrogen-bond donors (Lipinski definition) is 0. The first-order chi connectivity index (χ1) is 10.5. The molecule has 1 atom stereocenters. The minimum absolute atomic E-state index is 0.746. The molecule has 0 spiro atoms. The lowest BCUT2D eigenvalue weighted by atomic mass is 9.98. The van der Waals surface area contributed by atoms with Crippen LogP contribution in [0.25, 0.3) is 10.8 Å². The third kappa shape index (κ3) is 5.64. The van der Waals surface area contributed by atoms with Crippen LogP contribution in [0.3, 0.4) is 0 Å². The molecule has 0 aliphatic carbocycles. The molecular weight excluding hydrogens is 336 g/mol. The number of ether oxygens (including phenoxy) is 1. The van der Waals surface area contributed by atoms with E-state index in [0.29, 0.717) is 0 Å². The van der Waals surface area contributed by atoms with Gasteiger partial charge in [-0.25, -0.2) is 0 Å². The molecule has 2 heteroatoms. The molecule has 0 aliphatic rings. The van der Waals surface area contributed by atoms with Crippen LogP contribution in [0.1, 0.15) is 46.5 Å². The number of hydrogen-bond acceptors (Lipinski definition) is 1. The SMILES string of the molecule is CC(C)CCCC(C)CCOc1ccc2cc(Br)ccc2c1. The maximum atomic E-state index is 5.93. The van der Waals surface area contributed by atoms with Crippen LogP contribution < -0.4 is 4.74 Å². The number of benzene rings is 2. The summed E-state index contributed by atoms with van der Waals surface area (Å²) in [6, 6.07) is 12.7. The molecule has 1 unspecified atom stereocenters. The topological polar surface area (TPSA) is 9.23 Å². The van der Waals surface area contributed by atoms with E-state index in [0.717, 1.165) is 35.1 Å². The van der Waals surface area contributed by atoms with Gasteiger partial charge in [0.15, 0.2) is 0 Å². The van der Waals surface area contributed by atoms with Crippen molar-refractivity contribution in [3.8, 4) is 5.75 Å². The fourth-order valence-electron chi connectivity index (χ4n) is 2.68. The molecule has 0 aromatic heterocycles. The average molecular weight is 363 g/mol. The summed E-state index contributed by atoms with van der Waals surface area (Å²) in [4.78, 5) is 0. The van der Waals surface area contributed by atoms with E-state index in [9.17, 15) is 0 Å². The van der Waals surface area contributed by atoms with Crippen LogP contribution in [-0.4, -0.2) is 6.61 Å². The van der Waals surface area contributed by atoms with E-state index in [1.54, 1.807) is 0 Å². The minimum Gasteiger partial charge on any atom is -0.494 e. The molecule has 0 fully saturated rings. The number of halogens is 1. The van der Waals surface area contributed by atoms with E-state index in [2.05, 4.69) is 73.1 Å². The smallest absolute Gasteiger partial charge is 0.119 e. The Balaban J connectivity index is 1.78. The molecule has 2 aromatic rings. The molecule has 0 saturated heterocycles. The van der Waals surface area contributed by atoms with Crippen LogP contribution in [0.5, 0.6) is 5.75 Å². The lowest BCUT2D eigenvalue weighted by Crippen LogP contribution is -2.04. The predicted octanol–water partition coefficient (Wildman–Crippen LogP) is 6.83. The van der Waals surface area contributed by atoms with Crippen molar-refractivity contribution >= 4 is 26.7 Å². The summed E-state index contributed by atoms with van der Waals surface area (Å²) in [6.45, 7) is 7.74. The van der Waals surface area contributed by atoms with Crippen molar-refractivity contribution in [3.05, 3.63) is 40.9 Å². The van der Waals surface area contributed by atoms with Gasteiger partial charge in [0.05, 0.1) is 6.61 Å². The molecule has 0 heterocycles. The number of rotatable bonds is 8. The summed E-state index contributed by atoms with van der Waals surface area (Å²) in [5, 5.41) is 2.47. The zero-order valence-electron chi connectivity index (χ0n) is 13.9. The molecule has 120 valence electrons. The molecule has 0 bridgehead atoms. The highest BCUT2D eigenvalue weighted by atomic mass is 79.9. The van der Waals surface area contributed by atoms with Crippen LogP contribution >= 0.6 is 15.9 Å². The van der Waals surface area contributed by atoms with Crippen LogP contribution in [0.4, 0.5) is 0 Å². The second kappa shape index (κ2) is 8.57. The predicted molar refractivity (Wildman–Crippen MR) is 99.6 cm³/mol. The van der Waals surface area contributed by atoms with Gasteiger partial charge in [0.2, 0.25) is 0 Å². The van der Waals surface area contributed by atoms with Crippen LogP contribution in [-0.2, 0) is 0 Å². The largest absolute Gasteiger partial charge is 0.494 e. The maximum absolute atomic E-state index is 5.93. The van der Waals surface area contributed by atoms with E-state index >= 15 is 0 Å². The van der Waals surface area contributed by atoms with Gasteiger partial charge < -0.3 is 4.74 Å². The summed E-state index contributed by atoms with van der Waals surface area (Å²) < 4.78 is 7.05. The monoisotopic (exact) mass is 362 g/mol. The second-order valence-corrected chi connectivity index (χ2v) is 7.64.